The van der Waals surface area contributed by atoms with Gasteiger partial charge < -0.3 is 5.11 Å². The molecule has 8 atom stereocenters. The molecule has 0 amide bonds. The fourth-order valence-electron chi connectivity index (χ4n) is 5.26. The van der Waals surface area contributed by atoms with Crippen molar-refractivity contribution in [2.75, 3.05) is 0 Å². The molecule has 5 aliphatic rings. The summed E-state index contributed by atoms with van der Waals surface area (Å²) in [5.74, 6) is 6.93. The van der Waals surface area contributed by atoms with Crippen LogP contribution >= 0.6 is 0 Å². The lowest BCUT2D eigenvalue weighted by atomic mass is 9.89. The van der Waals surface area contributed by atoms with E-state index in [9.17, 15) is 5.11 Å². The van der Waals surface area contributed by atoms with Gasteiger partial charge in [-0.15, -0.1) is 0 Å². The summed E-state index contributed by atoms with van der Waals surface area (Å²) in [7, 11) is 0. The Kier molecular flexibility index (Phi) is 1.11. The molecule has 0 radical (unpaired) electrons. The van der Waals surface area contributed by atoms with Crippen LogP contribution in [0.15, 0.2) is 0 Å². The molecule has 5 saturated carbocycles. The van der Waals surface area contributed by atoms with Crippen LogP contribution in [0.3, 0.4) is 0 Å². The lowest BCUT2D eigenvalue weighted by Crippen LogP contribution is -2.20. The Hall–Kier alpha value is -0.0400. The lowest BCUT2D eigenvalue weighted by molar-refractivity contribution is 0.0868. The largest absolute Gasteiger partial charge is 0.393 e. The maximum atomic E-state index is 9.95. The molecule has 1 N–H and O–H groups in total. The van der Waals surface area contributed by atoms with Gasteiger partial charge in [0.2, 0.25) is 0 Å². The molecule has 13 heavy (non-hydrogen) atoms. The summed E-state index contributed by atoms with van der Waals surface area (Å²) in [6.45, 7) is 2.25. The molecule has 5 fully saturated rings. The van der Waals surface area contributed by atoms with Gasteiger partial charge in [0.1, 0.15) is 0 Å². The van der Waals surface area contributed by atoms with Crippen molar-refractivity contribution >= 4 is 0 Å². The van der Waals surface area contributed by atoms with Gasteiger partial charge in [-0.2, -0.15) is 0 Å². The Morgan fingerprint density at radius 2 is 1.54 bits per heavy atom. The summed E-state index contributed by atoms with van der Waals surface area (Å²) >= 11 is 0. The predicted octanol–water partition coefficient (Wildman–Crippen LogP) is 1.91. The number of hydrogen-bond acceptors (Lipinski definition) is 1. The minimum atomic E-state index is 0.0257. The summed E-state index contributed by atoms with van der Waals surface area (Å²) < 4.78 is 0. The highest BCUT2D eigenvalue weighted by Gasteiger charge is 2.73. The highest BCUT2D eigenvalue weighted by atomic mass is 16.3. The summed E-state index contributed by atoms with van der Waals surface area (Å²) in [5.41, 5.74) is 0. The average molecular weight is 178 g/mol. The van der Waals surface area contributed by atoms with Crippen LogP contribution in [-0.2, 0) is 0 Å². The van der Waals surface area contributed by atoms with Crippen molar-refractivity contribution in [2.24, 2.45) is 41.4 Å². The maximum absolute atomic E-state index is 9.95. The summed E-state index contributed by atoms with van der Waals surface area (Å²) in [6, 6.07) is 0. The molecule has 5 rings (SSSR count). The number of aliphatic hydroxyl groups is 1. The van der Waals surface area contributed by atoms with E-state index >= 15 is 0 Å². The molecule has 1 nitrogen and oxygen atoms in total. The predicted molar refractivity (Wildman–Crippen MR) is 50.0 cm³/mol. The van der Waals surface area contributed by atoms with Crippen LogP contribution in [0.2, 0.25) is 0 Å². The molecule has 0 spiro atoms. The van der Waals surface area contributed by atoms with Crippen molar-refractivity contribution in [3.05, 3.63) is 0 Å². The SMILES string of the molecule is CC1CC2C3CC4C2C4C3CC1O. The molecular formula is C12H18O. The molecule has 72 valence electrons. The van der Waals surface area contributed by atoms with Crippen molar-refractivity contribution in [3.63, 3.8) is 0 Å². The Morgan fingerprint density at radius 3 is 2.23 bits per heavy atom. The van der Waals surface area contributed by atoms with Gasteiger partial charge in [-0.25, -0.2) is 0 Å². The van der Waals surface area contributed by atoms with Crippen LogP contribution in [0.1, 0.15) is 26.2 Å². The summed E-state index contributed by atoms with van der Waals surface area (Å²) in [5, 5.41) is 9.95. The van der Waals surface area contributed by atoms with Gasteiger partial charge in [0.05, 0.1) is 6.10 Å². The van der Waals surface area contributed by atoms with E-state index in [1.54, 1.807) is 0 Å². The van der Waals surface area contributed by atoms with Crippen molar-refractivity contribution in [3.8, 4) is 0 Å². The fourth-order valence-corrected chi connectivity index (χ4v) is 5.26. The minimum Gasteiger partial charge on any atom is -0.393 e. The Bertz CT molecular complexity index is 238. The second kappa shape index (κ2) is 1.98. The van der Waals surface area contributed by atoms with E-state index in [4.69, 9.17) is 0 Å². The second-order valence-electron chi connectivity index (χ2n) is 6.06. The monoisotopic (exact) mass is 178 g/mol. The minimum absolute atomic E-state index is 0.0257. The molecule has 6 bridgehead atoms. The highest BCUT2D eigenvalue weighted by Crippen LogP contribution is 2.78. The fraction of sp³-hybridized carbons (Fsp3) is 1.00. The Labute approximate surface area is 79.5 Å². The van der Waals surface area contributed by atoms with Crippen molar-refractivity contribution < 1.29 is 5.11 Å². The molecule has 0 heterocycles. The van der Waals surface area contributed by atoms with Crippen LogP contribution in [0, 0.1) is 41.4 Å². The van der Waals surface area contributed by atoms with E-state index in [0.29, 0.717) is 5.92 Å². The zero-order chi connectivity index (χ0) is 8.74. The average Bonchev–Trinajstić information content (AvgIpc) is 2.43. The van der Waals surface area contributed by atoms with E-state index < -0.39 is 0 Å². The van der Waals surface area contributed by atoms with Gasteiger partial charge in [0, 0.05) is 0 Å². The molecule has 0 aliphatic heterocycles. The van der Waals surface area contributed by atoms with E-state index in [1.165, 1.54) is 12.8 Å². The van der Waals surface area contributed by atoms with Crippen LogP contribution in [0.5, 0.6) is 0 Å². The van der Waals surface area contributed by atoms with Gasteiger partial charge in [0.15, 0.2) is 0 Å². The quantitative estimate of drug-likeness (QED) is 0.600. The van der Waals surface area contributed by atoms with Gasteiger partial charge in [-0.1, -0.05) is 6.92 Å². The van der Waals surface area contributed by atoms with E-state index in [-0.39, 0.29) is 6.10 Å². The zero-order valence-corrected chi connectivity index (χ0v) is 8.19. The van der Waals surface area contributed by atoms with Crippen LogP contribution in [-0.4, -0.2) is 11.2 Å². The standard InChI is InChI=1S/C12H18O/c1-5-2-7-6-3-9-11(7)12(9)8(6)4-10(5)13/h5-13H,2-4H2,1H3. The third kappa shape index (κ3) is 0.674. The summed E-state index contributed by atoms with van der Waals surface area (Å²) in [6.07, 6.45) is 4.03. The first-order valence-electron chi connectivity index (χ1n) is 5.95. The van der Waals surface area contributed by atoms with Crippen LogP contribution < -0.4 is 0 Å². The molecule has 0 aromatic carbocycles. The Balaban J connectivity index is 1.73. The molecule has 8 unspecified atom stereocenters. The van der Waals surface area contributed by atoms with Crippen molar-refractivity contribution in [1.82, 2.24) is 0 Å². The number of hydrogen-bond donors (Lipinski definition) is 1. The number of aliphatic hydroxyl groups excluding tert-OH is 1. The second-order valence-corrected chi connectivity index (χ2v) is 6.06. The highest BCUT2D eigenvalue weighted by molar-refractivity contribution is 5.21. The molecule has 0 saturated heterocycles. The van der Waals surface area contributed by atoms with Gasteiger partial charge in [0.25, 0.3) is 0 Å². The topological polar surface area (TPSA) is 20.2 Å². The molecule has 0 aromatic rings. The molecular weight excluding hydrogens is 160 g/mol. The van der Waals surface area contributed by atoms with Crippen molar-refractivity contribution in [2.45, 2.75) is 32.3 Å². The molecule has 0 aromatic heterocycles. The lowest BCUT2D eigenvalue weighted by Gasteiger charge is -2.20. The number of rotatable bonds is 0. The van der Waals surface area contributed by atoms with Gasteiger partial charge >= 0.3 is 0 Å². The first kappa shape index (κ1) is 7.28. The smallest absolute Gasteiger partial charge is 0.0568 e. The molecule has 5 aliphatic carbocycles. The maximum Gasteiger partial charge on any atom is 0.0568 e. The van der Waals surface area contributed by atoms with Gasteiger partial charge in [-0.3, -0.25) is 0 Å². The third-order valence-electron chi connectivity index (χ3n) is 5.74. The normalized spacial score (nSPS) is 72.5. The van der Waals surface area contributed by atoms with E-state index in [2.05, 4.69) is 6.92 Å². The van der Waals surface area contributed by atoms with Gasteiger partial charge in [-0.05, 0) is 60.7 Å². The van der Waals surface area contributed by atoms with Crippen molar-refractivity contribution in [1.29, 1.82) is 0 Å². The van der Waals surface area contributed by atoms with E-state index in [0.717, 1.165) is 41.9 Å². The Morgan fingerprint density at radius 1 is 0.846 bits per heavy atom. The third-order valence-corrected chi connectivity index (χ3v) is 5.74. The molecule has 1 heteroatoms. The van der Waals surface area contributed by atoms with Crippen LogP contribution in [0.4, 0.5) is 0 Å². The zero-order valence-electron chi connectivity index (χ0n) is 8.19. The first-order valence-corrected chi connectivity index (χ1v) is 5.95. The van der Waals surface area contributed by atoms with E-state index in [1.807, 2.05) is 0 Å². The first-order chi connectivity index (χ1) is 6.27. The van der Waals surface area contributed by atoms with Crippen LogP contribution in [0.25, 0.3) is 0 Å². The summed E-state index contributed by atoms with van der Waals surface area (Å²) in [4.78, 5) is 0.